The highest BCUT2D eigenvalue weighted by atomic mass is 35.5. The van der Waals surface area contributed by atoms with Crippen LogP contribution in [-0.4, -0.2) is 54.9 Å². The van der Waals surface area contributed by atoms with E-state index in [2.05, 4.69) is 15.6 Å². The van der Waals surface area contributed by atoms with E-state index in [9.17, 15) is 9.59 Å². The lowest BCUT2D eigenvalue weighted by Gasteiger charge is -2.32. The average molecular weight is 312 g/mol. The van der Waals surface area contributed by atoms with Crippen LogP contribution in [0, 0.1) is 0 Å². The van der Waals surface area contributed by atoms with Gasteiger partial charge in [0.2, 0.25) is 0 Å². The van der Waals surface area contributed by atoms with Crippen molar-refractivity contribution in [2.75, 3.05) is 44.3 Å². The molecule has 0 aromatic heterocycles. The molecule has 4 N–H and O–H groups in total. The third-order valence-corrected chi connectivity index (χ3v) is 3.52. The Bertz CT molecular complexity index is 543. The number of nitrogen functional groups attached to an aromatic ring is 1. The Morgan fingerprint density at radius 3 is 2.48 bits per heavy atom. The lowest BCUT2D eigenvalue weighted by molar-refractivity contribution is -0.139. The van der Waals surface area contributed by atoms with E-state index in [4.69, 9.17) is 17.3 Å². The minimum Gasteiger partial charge on any atom is -0.399 e. The zero-order valence-corrected chi connectivity index (χ0v) is 12.5. The van der Waals surface area contributed by atoms with Crippen molar-refractivity contribution in [1.29, 1.82) is 0 Å². The molecule has 1 saturated heterocycles. The van der Waals surface area contributed by atoms with Gasteiger partial charge in [0, 0.05) is 31.9 Å². The first-order valence-corrected chi connectivity index (χ1v) is 6.94. The fraction of sp³-hybridized carbons (Fsp3) is 0.385. The molecule has 114 valence electrons. The Labute approximate surface area is 128 Å². The number of benzene rings is 1. The maximum atomic E-state index is 11.8. The second kappa shape index (κ2) is 6.75. The molecule has 1 fully saturated rings. The predicted molar refractivity (Wildman–Crippen MR) is 81.7 cm³/mol. The van der Waals surface area contributed by atoms with Crippen molar-refractivity contribution >= 4 is 34.8 Å². The zero-order valence-electron chi connectivity index (χ0n) is 11.7. The third-order valence-electron chi connectivity index (χ3n) is 3.21. The second-order valence-electron chi connectivity index (χ2n) is 4.92. The number of rotatable bonds is 2. The molecule has 0 aliphatic carbocycles. The number of nitrogens with one attached hydrogen (secondary N) is 2. The van der Waals surface area contributed by atoms with E-state index in [1.165, 1.54) is 6.07 Å². The van der Waals surface area contributed by atoms with Crippen molar-refractivity contribution in [2.24, 2.45) is 0 Å². The van der Waals surface area contributed by atoms with Gasteiger partial charge in [0.25, 0.3) is 0 Å². The third kappa shape index (κ3) is 4.32. The SMILES string of the molecule is CN1CCN(NC(=O)C(=O)Nc2ccc(N)cc2Cl)CC1. The summed E-state index contributed by atoms with van der Waals surface area (Å²) < 4.78 is 0. The number of nitrogens with two attached hydrogens (primary N) is 1. The van der Waals surface area contributed by atoms with Gasteiger partial charge in [-0.25, -0.2) is 5.01 Å². The van der Waals surface area contributed by atoms with Gasteiger partial charge in [0.15, 0.2) is 0 Å². The van der Waals surface area contributed by atoms with Crippen LogP contribution in [0.2, 0.25) is 5.02 Å². The summed E-state index contributed by atoms with van der Waals surface area (Å²) in [5.74, 6) is -1.48. The molecule has 2 amide bonds. The molecular formula is C13H18ClN5O2. The summed E-state index contributed by atoms with van der Waals surface area (Å²) >= 11 is 5.94. The Kier molecular flexibility index (Phi) is 5.00. The number of piperazine rings is 1. The number of halogens is 1. The van der Waals surface area contributed by atoms with Crippen molar-refractivity contribution in [3.8, 4) is 0 Å². The number of hydrogen-bond acceptors (Lipinski definition) is 5. The maximum Gasteiger partial charge on any atom is 0.323 e. The minimum absolute atomic E-state index is 0.288. The zero-order chi connectivity index (χ0) is 15.4. The van der Waals surface area contributed by atoms with E-state index in [0.717, 1.165) is 13.1 Å². The molecule has 1 aromatic carbocycles. The number of anilines is 2. The Morgan fingerprint density at radius 1 is 1.19 bits per heavy atom. The molecule has 0 unspecified atom stereocenters. The van der Waals surface area contributed by atoms with Crippen LogP contribution in [-0.2, 0) is 9.59 Å². The number of hydrogen-bond donors (Lipinski definition) is 3. The molecule has 0 spiro atoms. The first-order chi connectivity index (χ1) is 9.95. The lowest BCUT2D eigenvalue weighted by Crippen LogP contribution is -2.54. The quantitative estimate of drug-likeness (QED) is 0.534. The summed E-state index contributed by atoms with van der Waals surface area (Å²) in [4.78, 5) is 25.8. The number of hydrazine groups is 1. The molecule has 0 bridgehead atoms. The monoisotopic (exact) mass is 311 g/mol. The smallest absolute Gasteiger partial charge is 0.323 e. The van der Waals surface area contributed by atoms with Crippen molar-refractivity contribution in [2.45, 2.75) is 0 Å². The summed E-state index contributed by atoms with van der Waals surface area (Å²) in [6.45, 7) is 3.04. The largest absolute Gasteiger partial charge is 0.399 e. The highest BCUT2D eigenvalue weighted by Gasteiger charge is 2.20. The van der Waals surface area contributed by atoms with E-state index < -0.39 is 11.8 Å². The number of nitrogens with zero attached hydrogens (tertiary/aromatic N) is 2. The van der Waals surface area contributed by atoms with Crippen molar-refractivity contribution < 1.29 is 9.59 Å². The van der Waals surface area contributed by atoms with E-state index in [1.807, 2.05) is 7.05 Å². The fourth-order valence-electron chi connectivity index (χ4n) is 1.92. The average Bonchev–Trinajstić information content (AvgIpc) is 2.44. The summed E-state index contributed by atoms with van der Waals surface area (Å²) in [5.41, 5.74) is 8.98. The molecule has 0 radical (unpaired) electrons. The lowest BCUT2D eigenvalue weighted by atomic mass is 10.3. The first kappa shape index (κ1) is 15.6. The van der Waals surface area contributed by atoms with Gasteiger partial charge >= 0.3 is 11.8 Å². The van der Waals surface area contributed by atoms with Crippen LogP contribution in [0.15, 0.2) is 18.2 Å². The van der Waals surface area contributed by atoms with E-state index in [0.29, 0.717) is 24.5 Å². The Balaban J connectivity index is 1.89. The van der Waals surface area contributed by atoms with Gasteiger partial charge in [0.05, 0.1) is 10.7 Å². The van der Waals surface area contributed by atoms with Crippen LogP contribution in [0.5, 0.6) is 0 Å². The van der Waals surface area contributed by atoms with Crippen LogP contribution in [0.25, 0.3) is 0 Å². The fourth-order valence-corrected chi connectivity index (χ4v) is 2.16. The number of likely N-dealkylation sites (N-methyl/N-ethyl adjacent to an activating group) is 1. The minimum atomic E-state index is -0.763. The van der Waals surface area contributed by atoms with Gasteiger partial charge in [-0.05, 0) is 25.2 Å². The Morgan fingerprint density at radius 2 is 1.86 bits per heavy atom. The van der Waals surface area contributed by atoms with Crippen LogP contribution in [0.3, 0.4) is 0 Å². The second-order valence-corrected chi connectivity index (χ2v) is 5.33. The standard InChI is InChI=1S/C13H18ClN5O2/c1-18-4-6-19(7-5-18)17-13(21)12(20)16-11-3-2-9(15)8-10(11)14/h2-3,8H,4-7,15H2,1H3,(H,16,20)(H,17,21). The molecule has 0 atom stereocenters. The number of amides is 2. The highest BCUT2D eigenvalue weighted by molar-refractivity contribution is 6.41. The number of carbonyl (C=O) groups is 2. The van der Waals surface area contributed by atoms with Gasteiger partial charge in [-0.2, -0.15) is 0 Å². The molecule has 7 nitrogen and oxygen atoms in total. The highest BCUT2D eigenvalue weighted by Crippen LogP contribution is 2.23. The number of carbonyl (C=O) groups excluding carboxylic acids is 2. The summed E-state index contributed by atoms with van der Waals surface area (Å²) in [6, 6.07) is 4.66. The molecule has 0 saturated carbocycles. The van der Waals surface area contributed by atoms with E-state index >= 15 is 0 Å². The van der Waals surface area contributed by atoms with Gasteiger partial charge in [-0.3, -0.25) is 15.0 Å². The van der Waals surface area contributed by atoms with E-state index in [1.54, 1.807) is 17.1 Å². The van der Waals surface area contributed by atoms with Crippen molar-refractivity contribution in [3.63, 3.8) is 0 Å². The summed E-state index contributed by atoms with van der Waals surface area (Å²) in [5, 5.41) is 4.48. The summed E-state index contributed by atoms with van der Waals surface area (Å²) in [7, 11) is 2.01. The van der Waals surface area contributed by atoms with E-state index in [-0.39, 0.29) is 5.02 Å². The van der Waals surface area contributed by atoms with Crippen molar-refractivity contribution in [3.05, 3.63) is 23.2 Å². The maximum absolute atomic E-state index is 11.8. The molecule has 21 heavy (non-hydrogen) atoms. The Hall–Kier alpha value is -1.83. The summed E-state index contributed by atoms with van der Waals surface area (Å²) in [6.07, 6.45) is 0. The molecule has 2 rings (SSSR count). The molecule has 1 aliphatic heterocycles. The molecule has 1 aromatic rings. The normalized spacial score (nSPS) is 16.5. The van der Waals surface area contributed by atoms with Crippen LogP contribution in [0.1, 0.15) is 0 Å². The van der Waals surface area contributed by atoms with Crippen LogP contribution >= 0.6 is 11.6 Å². The van der Waals surface area contributed by atoms with Crippen LogP contribution in [0.4, 0.5) is 11.4 Å². The topological polar surface area (TPSA) is 90.7 Å². The van der Waals surface area contributed by atoms with Gasteiger partial charge < -0.3 is 16.0 Å². The van der Waals surface area contributed by atoms with Gasteiger partial charge in [-0.1, -0.05) is 11.6 Å². The van der Waals surface area contributed by atoms with Gasteiger partial charge in [-0.15, -0.1) is 0 Å². The molecule has 1 heterocycles. The van der Waals surface area contributed by atoms with Gasteiger partial charge in [0.1, 0.15) is 0 Å². The van der Waals surface area contributed by atoms with Crippen LogP contribution < -0.4 is 16.5 Å². The molecular weight excluding hydrogens is 294 g/mol. The predicted octanol–water partition coefficient (Wildman–Crippen LogP) is 0.139. The van der Waals surface area contributed by atoms with Crippen molar-refractivity contribution in [1.82, 2.24) is 15.3 Å². The molecule has 1 aliphatic rings. The molecule has 8 heteroatoms. The first-order valence-electron chi connectivity index (χ1n) is 6.56.